The highest BCUT2D eigenvalue weighted by molar-refractivity contribution is 5.78. The number of piperidine rings is 1. The van der Waals surface area contributed by atoms with Crippen LogP contribution in [0.2, 0.25) is 0 Å². The Morgan fingerprint density at radius 1 is 1.21 bits per heavy atom. The van der Waals surface area contributed by atoms with Crippen LogP contribution in [-0.2, 0) is 4.79 Å². The van der Waals surface area contributed by atoms with Crippen molar-refractivity contribution in [3.05, 3.63) is 42.5 Å². The molecule has 1 aromatic carbocycles. The van der Waals surface area contributed by atoms with E-state index in [1.165, 1.54) is 18.3 Å². The lowest BCUT2D eigenvalue weighted by Crippen LogP contribution is -2.42. The Hall–Kier alpha value is -2.21. The van der Waals surface area contributed by atoms with Crippen molar-refractivity contribution in [2.75, 3.05) is 26.7 Å². The number of nitrogens with zero attached hydrogens (tertiary/aromatic N) is 5. The van der Waals surface area contributed by atoms with Gasteiger partial charge in [0.2, 0.25) is 5.91 Å². The molecule has 0 radical (unpaired) electrons. The fraction of sp³-hybridized carbons (Fsp3) is 0.500. The molecule has 1 aromatic heterocycles. The maximum atomic E-state index is 12.4. The number of likely N-dealkylation sites (tertiary alicyclic amines) is 1. The third-order valence-electron chi connectivity index (χ3n) is 4.81. The van der Waals surface area contributed by atoms with E-state index >= 15 is 0 Å². The van der Waals surface area contributed by atoms with Crippen molar-refractivity contribution in [3.63, 3.8) is 0 Å². The Labute approximate surface area is 143 Å². The third-order valence-corrected chi connectivity index (χ3v) is 4.81. The van der Waals surface area contributed by atoms with E-state index in [1.807, 2.05) is 24.1 Å². The molecule has 1 atom stereocenters. The molecule has 0 saturated carbocycles. The highest BCUT2D eigenvalue weighted by atomic mass is 16.2. The molecule has 1 aliphatic rings. The second kappa shape index (κ2) is 7.57. The number of likely N-dealkylation sites (N-methyl/N-ethyl adjacent to an activating group) is 1. The molecule has 128 valence electrons. The summed E-state index contributed by atoms with van der Waals surface area (Å²) in [6.45, 7) is 4.42. The van der Waals surface area contributed by atoms with Gasteiger partial charge in [0.05, 0.1) is 12.2 Å². The number of carbonyl (C=O) groups excluding carboxylic acids is 1. The van der Waals surface area contributed by atoms with Crippen LogP contribution in [0.5, 0.6) is 0 Å². The van der Waals surface area contributed by atoms with Gasteiger partial charge < -0.3 is 4.90 Å². The standard InChI is InChI=1S/C18H25N5O/c1-15(21(2)12-18(24)22-10-4-3-5-11-22)16-6-8-17(9-7-16)23-14-19-13-20-23/h6-9,13-15H,3-5,10-12H2,1-2H3/t15-/m1/s1. The number of carbonyl (C=O) groups is 1. The van der Waals surface area contributed by atoms with Crippen LogP contribution in [-0.4, -0.2) is 57.2 Å². The van der Waals surface area contributed by atoms with Gasteiger partial charge in [-0.25, -0.2) is 9.67 Å². The first-order valence-corrected chi connectivity index (χ1v) is 8.58. The van der Waals surface area contributed by atoms with Gasteiger partial charge >= 0.3 is 0 Å². The number of hydrogen-bond donors (Lipinski definition) is 0. The summed E-state index contributed by atoms with van der Waals surface area (Å²) in [4.78, 5) is 20.5. The second-order valence-corrected chi connectivity index (χ2v) is 6.46. The van der Waals surface area contributed by atoms with Gasteiger partial charge in [-0.1, -0.05) is 12.1 Å². The van der Waals surface area contributed by atoms with Crippen LogP contribution in [0.1, 0.15) is 37.8 Å². The summed E-state index contributed by atoms with van der Waals surface area (Å²) in [6, 6.07) is 8.41. The molecule has 24 heavy (non-hydrogen) atoms. The Morgan fingerprint density at radius 2 is 1.92 bits per heavy atom. The molecule has 1 saturated heterocycles. The predicted molar refractivity (Wildman–Crippen MR) is 92.8 cm³/mol. The van der Waals surface area contributed by atoms with Gasteiger partial charge in [0.15, 0.2) is 0 Å². The van der Waals surface area contributed by atoms with Gasteiger partial charge in [0.25, 0.3) is 0 Å². The van der Waals surface area contributed by atoms with Crippen LogP contribution in [0.4, 0.5) is 0 Å². The average Bonchev–Trinajstić information content (AvgIpc) is 3.16. The topological polar surface area (TPSA) is 54.3 Å². The van der Waals surface area contributed by atoms with E-state index in [0.717, 1.165) is 31.6 Å². The van der Waals surface area contributed by atoms with Crippen molar-refractivity contribution in [3.8, 4) is 5.69 Å². The van der Waals surface area contributed by atoms with E-state index in [9.17, 15) is 4.79 Å². The van der Waals surface area contributed by atoms with Crippen LogP contribution < -0.4 is 0 Å². The van der Waals surface area contributed by atoms with E-state index in [4.69, 9.17) is 0 Å². The lowest BCUT2D eigenvalue weighted by molar-refractivity contribution is -0.133. The fourth-order valence-electron chi connectivity index (χ4n) is 3.10. The maximum absolute atomic E-state index is 12.4. The number of benzene rings is 1. The predicted octanol–water partition coefficient (Wildman–Crippen LogP) is 2.27. The number of rotatable bonds is 5. The molecule has 0 unspecified atom stereocenters. The Balaban J connectivity index is 1.60. The highest BCUT2D eigenvalue weighted by Crippen LogP contribution is 2.20. The van der Waals surface area contributed by atoms with Gasteiger partial charge in [-0.05, 0) is 50.9 Å². The lowest BCUT2D eigenvalue weighted by Gasteiger charge is -2.31. The Bertz CT molecular complexity index is 647. The summed E-state index contributed by atoms with van der Waals surface area (Å²) >= 11 is 0. The third kappa shape index (κ3) is 3.82. The first kappa shape index (κ1) is 16.6. The van der Waals surface area contributed by atoms with Crippen LogP contribution in [0.25, 0.3) is 5.69 Å². The van der Waals surface area contributed by atoms with Crippen molar-refractivity contribution in [2.24, 2.45) is 0 Å². The molecule has 0 spiro atoms. The summed E-state index contributed by atoms with van der Waals surface area (Å²) in [5.74, 6) is 0.239. The molecule has 0 bridgehead atoms. The minimum Gasteiger partial charge on any atom is -0.342 e. The normalized spacial score (nSPS) is 16.4. The zero-order valence-electron chi connectivity index (χ0n) is 14.4. The molecule has 2 aromatic rings. The summed E-state index contributed by atoms with van der Waals surface area (Å²) in [6.07, 6.45) is 6.72. The number of hydrogen-bond acceptors (Lipinski definition) is 4. The molecule has 6 heteroatoms. The molecule has 1 fully saturated rings. The minimum absolute atomic E-state index is 0.184. The van der Waals surface area contributed by atoms with E-state index in [2.05, 4.69) is 34.0 Å². The Kier molecular flexibility index (Phi) is 5.25. The van der Waals surface area contributed by atoms with Crippen molar-refractivity contribution in [1.29, 1.82) is 0 Å². The average molecular weight is 327 g/mol. The first-order chi connectivity index (χ1) is 11.6. The molecule has 6 nitrogen and oxygen atoms in total. The van der Waals surface area contributed by atoms with Gasteiger partial charge in [-0.3, -0.25) is 9.69 Å². The zero-order valence-corrected chi connectivity index (χ0v) is 14.4. The summed E-state index contributed by atoms with van der Waals surface area (Å²) < 4.78 is 1.73. The van der Waals surface area contributed by atoms with Gasteiger partial charge in [0, 0.05) is 19.1 Å². The van der Waals surface area contributed by atoms with Crippen LogP contribution in [0.15, 0.2) is 36.9 Å². The van der Waals surface area contributed by atoms with E-state index in [0.29, 0.717) is 6.54 Å². The van der Waals surface area contributed by atoms with E-state index in [-0.39, 0.29) is 11.9 Å². The molecule has 1 aliphatic heterocycles. The number of aromatic nitrogens is 3. The van der Waals surface area contributed by atoms with Gasteiger partial charge in [0.1, 0.15) is 12.7 Å². The largest absolute Gasteiger partial charge is 0.342 e. The molecule has 0 N–H and O–H groups in total. The summed E-state index contributed by atoms with van der Waals surface area (Å²) in [5.41, 5.74) is 2.17. The molecular weight excluding hydrogens is 302 g/mol. The molecular formula is C18H25N5O. The van der Waals surface area contributed by atoms with Crippen molar-refractivity contribution < 1.29 is 4.79 Å². The molecule has 3 rings (SSSR count). The highest BCUT2D eigenvalue weighted by Gasteiger charge is 2.20. The second-order valence-electron chi connectivity index (χ2n) is 6.46. The maximum Gasteiger partial charge on any atom is 0.236 e. The lowest BCUT2D eigenvalue weighted by atomic mass is 10.1. The van der Waals surface area contributed by atoms with Crippen LogP contribution >= 0.6 is 0 Å². The van der Waals surface area contributed by atoms with E-state index in [1.54, 1.807) is 11.0 Å². The van der Waals surface area contributed by atoms with Crippen LogP contribution in [0.3, 0.4) is 0 Å². The molecule has 2 heterocycles. The summed E-state index contributed by atoms with van der Waals surface area (Å²) in [7, 11) is 2.01. The molecule has 0 aliphatic carbocycles. The first-order valence-electron chi connectivity index (χ1n) is 8.58. The quantitative estimate of drug-likeness (QED) is 0.845. The molecule has 1 amide bonds. The van der Waals surface area contributed by atoms with Gasteiger partial charge in [-0.15, -0.1) is 0 Å². The Morgan fingerprint density at radius 3 is 2.54 bits per heavy atom. The zero-order chi connectivity index (χ0) is 16.9. The minimum atomic E-state index is 0.184. The van der Waals surface area contributed by atoms with Crippen LogP contribution in [0, 0.1) is 0 Å². The summed E-state index contributed by atoms with van der Waals surface area (Å²) in [5, 5.41) is 4.13. The van der Waals surface area contributed by atoms with Crippen molar-refractivity contribution >= 4 is 5.91 Å². The smallest absolute Gasteiger partial charge is 0.236 e. The van der Waals surface area contributed by atoms with E-state index < -0.39 is 0 Å². The monoisotopic (exact) mass is 327 g/mol. The number of amides is 1. The fourth-order valence-corrected chi connectivity index (χ4v) is 3.10. The van der Waals surface area contributed by atoms with Crippen molar-refractivity contribution in [2.45, 2.75) is 32.2 Å². The van der Waals surface area contributed by atoms with Crippen molar-refractivity contribution in [1.82, 2.24) is 24.6 Å². The SMILES string of the molecule is C[C@H](c1ccc(-n2cncn2)cc1)N(C)CC(=O)N1CCCCC1. The van der Waals surface area contributed by atoms with Gasteiger partial charge in [-0.2, -0.15) is 5.10 Å².